The minimum absolute atomic E-state index is 0. The van der Waals surface area contributed by atoms with Crippen molar-refractivity contribution in [1.29, 1.82) is 0 Å². The van der Waals surface area contributed by atoms with Crippen LogP contribution in [0.25, 0.3) is 0 Å². The number of aromatic nitrogens is 2. The molecule has 0 amide bonds. The van der Waals surface area contributed by atoms with E-state index in [1.54, 1.807) is 0 Å². The standard InChI is InChI=1S/C11H17N3.2ClH/c1-2-6-14-10(8-13-11(14)3-1)9-4-5-12-7-9;;/h8-9,12H,1-7H2;2*1H. The van der Waals surface area contributed by atoms with E-state index in [1.807, 2.05) is 0 Å². The summed E-state index contributed by atoms with van der Waals surface area (Å²) in [6, 6.07) is 0. The summed E-state index contributed by atoms with van der Waals surface area (Å²) >= 11 is 0. The number of imidazole rings is 1. The first-order chi connectivity index (χ1) is 6.95. The quantitative estimate of drug-likeness (QED) is 0.842. The van der Waals surface area contributed by atoms with Crippen LogP contribution in [0.5, 0.6) is 0 Å². The van der Waals surface area contributed by atoms with Crippen molar-refractivity contribution in [1.82, 2.24) is 14.9 Å². The van der Waals surface area contributed by atoms with E-state index in [1.165, 1.54) is 50.3 Å². The van der Waals surface area contributed by atoms with Crippen molar-refractivity contribution in [3.05, 3.63) is 17.7 Å². The Balaban J connectivity index is 0.000000640. The molecule has 16 heavy (non-hydrogen) atoms. The van der Waals surface area contributed by atoms with Gasteiger partial charge in [0.05, 0.1) is 0 Å². The highest BCUT2D eigenvalue weighted by atomic mass is 35.5. The molecular weight excluding hydrogens is 245 g/mol. The van der Waals surface area contributed by atoms with E-state index in [2.05, 4.69) is 21.1 Å². The van der Waals surface area contributed by atoms with Crippen molar-refractivity contribution in [3.63, 3.8) is 0 Å². The van der Waals surface area contributed by atoms with Crippen LogP contribution in [0.1, 0.15) is 36.7 Å². The molecule has 3 rings (SSSR count). The molecule has 0 bridgehead atoms. The molecule has 1 aromatic rings. The van der Waals surface area contributed by atoms with E-state index in [0.29, 0.717) is 5.92 Å². The molecule has 1 N–H and O–H groups in total. The fourth-order valence-electron chi connectivity index (χ4n) is 2.67. The predicted molar refractivity (Wildman–Crippen MR) is 69.9 cm³/mol. The lowest BCUT2D eigenvalue weighted by Crippen LogP contribution is -2.16. The van der Waals surface area contributed by atoms with Gasteiger partial charge >= 0.3 is 0 Å². The van der Waals surface area contributed by atoms with Crippen LogP contribution in [0.2, 0.25) is 0 Å². The summed E-state index contributed by atoms with van der Waals surface area (Å²) in [5.74, 6) is 2.03. The minimum atomic E-state index is 0. The third kappa shape index (κ3) is 2.36. The molecule has 0 saturated carbocycles. The Bertz CT molecular complexity index is 332. The Kier molecular flexibility index (Phi) is 5.09. The van der Waals surface area contributed by atoms with Crippen LogP contribution in [0, 0.1) is 0 Å². The molecule has 2 aliphatic rings. The molecule has 0 aromatic carbocycles. The van der Waals surface area contributed by atoms with Gasteiger partial charge in [-0.2, -0.15) is 0 Å². The average Bonchev–Trinajstić information content (AvgIpc) is 2.85. The zero-order valence-corrected chi connectivity index (χ0v) is 10.9. The van der Waals surface area contributed by atoms with E-state index in [4.69, 9.17) is 0 Å². The van der Waals surface area contributed by atoms with Crippen molar-refractivity contribution in [2.75, 3.05) is 13.1 Å². The molecule has 1 aromatic heterocycles. The molecule has 1 fully saturated rings. The van der Waals surface area contributed by atoms with Crippen molar-refractivity contribution in [3.8, 4) is 0 Å². The Morgan fingerprint density at radius 1 is 1.31 bits per heavy atom. The summed E-state index contributed by atoms with van der Waals surface area (Å²) < 4.78 is 2.46. The number of hydrogen-bond donors (Lipinski definition) is 1. The smallest absolute Gasteiger partial charge is 0.108 e. The number of fused-ring (bicyclic) bond motifs is 1. The molecule has 2 aliphatic heterocycles. The highest BCUT2D eigenvalue weighted by molar-refractivity contribution is 5.85. The fraction of sp³-hybridized carbons (Fsp3) is 0.727. The van der Waals surface area contributed by atoms with Crippen molar-refractivity contribution >= 4 is 24.8 Å². The van der Waals surface area contributed by atoms with E-state index in [9.17, 15) is 0 Å². The van der Waals surface area contributed by atoms with Gasteiger partial charge in [0.25, 0.3) is 0 Å². The lowest BCUT2D eigenvalue weighted by molar-refractivity contribution is 0.496. The maximum atomic E-state index is 4.54. The maximum Gasteiger partial charge on any atom is 0.108 e. The second-order valence-corrected chi connectivity index (χ2v) is 4.40. The van der Waals surface area contributed by atoms with Crippen LogP contribution < -0.4 is 5.32 Å². The highest BCUT2D eigenvalue weighted by Gasteiger charge is 2.23. The lowest BCUT2D eigenvalue weighted by Gasteiger charge is -2.18. The number of aryl methyl sites for hydroxylation is 1. The third-order valence-electron chi connectivity index (χ3n) is 3.48. The Hall–Kier alpha value is -0.250. The second-order valence-electron chi connectivity index (χ2n) is 4.40. The first-order valence-electron chi connectivity index (χ1n) is 5.70. The molecule has 1 saturated heterocycles. The Morgan fingerprint density at radius 2 is 2.19 bits per heavy atom. The molecule has 1 atom stereocenters. The molecule has 5 heteroatoms. The van der Waals surface area contributed by atoms with Gasteiger partial charge in [0.15, 0.2) is 0 Å². The minimum Gasteiger partial charge on any atom is -0.332 e. The summed E-state index contributed by atoms with van der Waals surface area (Å²) in [7, 11) is 0. The first kappa shape index (κ1) is 13.8. The highest BCUT2D eigenvalue weighted by Crippen LogP contribution is 2.26. The van der Waals surface area contributed by atoms with Crippen LogP contribution >= 0.6 is 24.8 Å². The summed E-state index contributed by atoms with van der Waals surface area (Å²) in [5.41, 5.74) is 1.48. The zero-order valence-electron chi connectivity index (χ0n) is 9.32. The van der Waals surface area contributed by atoms with Crippen molar-refractivity contribution in [2.45, 2.75) is 38.1 Å². The van der Waals surface area contributed by atoms with Crippen LogP contribution in [0.3, 0.4) is 0 Å². The maximum absolute atomic E-state index is 4.54. The molecule has 0 spiro atoms. The van der Waals surface area contributed by atoms with Crippen molar-refractivity contribution < 1.29 is 0 Å². The van der Waals surface area contributed by atoms with E-state index < -0.39 is 0 Å². The van der Waals surface area contributed by atoms with E-state index in [-0.39, 0.29) is 24.8 Å². The average molecular weight is 264 g/mol. The van der Waals surface area contributed by atoms with Gasteiger partial charge in [-0.05, 0) is 25.8 Å². The number of hydrogen-bond acceptors (Lipinski definition) is 2. The van der Waals surface area contributed by atoms with Gasteiger partial charge in [-0.1, -0.05) is 0 Å². The zero-order chi connectivity index (χ0) is 9.38. The summed E-state index contributed by atoms with van der Waals surface area (Å²) in [5, 5.41) is 3.43. The van der Waals surface area contributed by atoms with Crippen LogP contribution in [0.15, 0.2) is 6.20 Å². The molecule has 1 unspecified atom stereocenters. The monoisotopic (exact) mass is 263 g/mol. The lowest BCUT2D eigenvalue weighted by atomic mass is 10.0. The Morgan fingerprint density at radius 3 is 2.94 bits per heavy atom. The molecule has 0 radical (unpaired) electrons. The number of rotatable bonds is 1. The third-order valence-corrected chi connectivity index (χ3v) is 3.48. The van der Waals surface area contributed by atoms with Crippen molar-refractivity contribution in [2.24, 2.45) is 0 Å². The van der Waals surface area contributed by atoms with Gasteiger partial charge in [-0.25, -0.2) is 4.98 Å². The number of nitrogens with zero attached hydrogens (tertiary/aromatic N) is 2. The molecule has 3 nitrogen and oxygen atoms in total. The second kappa shape index (κ2) is 5.89. The van der Waals surface area contributed by atoms with Gasteiger partial charge in [0.2, 0.25) is 0 Å². The predicted octanol–water partition coefficient (Wildman–Crippen LogP) is 2.14. The summed E-state index contributed by atoms with van der Waals surface area (Å²) in [4.78, 5) is 4.54. The van der Waals surface area contributed by atoms with E-state index in [0.717, 1.165) is 6.54 Å². The van der Waals surface area contributed by atoms with Gasteiger partial charge in [0.1, 0.15) is 5.82 Å². The molecule has 0 aliphatic carbocycles. The van der Waals surface area contributed by atoms with Gasteiger partial charge in [0, 0.05) is 37.3 Å². The van der Waals surface area contributed by atoms with Gasteiger partial charge in [-0.3, -0.25) is 0 Å². The molecular formula is C11H19Cl2N3. The topological polar surface area (TPSA) is 29.9 Å². The van der Waals surface area contributed by atoms with Crippen LogP contribution in [0.4, 0.5) is 0 Å². The van der Waals surface area contributed by atoms with Crippen LogP contribution in [-0.4, -0.2) is 22.6 Å². The number of halogens is 2. The van der Waals surface area contributed by atoms with Gasteiger partial charge in [-0.15, -0.1) is 24.8 Å². The van der Waals surface area contributed by atoms with Crippen LogP contribution in [-0.2, 0) is 13.0 Å². The summed E-state index contributed by atoms with van der Waals surface area (Å²) in [6.07, 6.45) is 7.22. The van der Waals surface area contributed by atoms with E-state index >= 15 is 0 Å². The Labute approximate surface area is 109 Å². The fourth-order valence-corrected chi connectivity index (χ4v) is 2.67. The SMILES string of the molecule is Cl.Cl.c1nc2n(c1C1CCNC1)CCCC2. The first-order valence-corrected chi connectivity index (χ1v) is 5.70. The van der Waals surface area contributed by atoms with Gasteiger partial charge < -0.3 is 9.88 Å². The molecule has 92 valence electrons. The normalized spacial score (nSPS) is 23.1. The summed E-state index contributed by atoms with van der Waals surface area (Å²) in [6.45, 7) is 3.51. The largest absolute Gasteiger partial charge is 0.332 e. The molecule has 3 heterocycles. The number of nitrogens with one attached hydrogen (secondary N) is 1.